The van der Waals surface area contributed by atoms with Crippen LogP contribution in [0.3, 0.4) is 0 Å². The summed E-state index contributed by atoms with van der Waals surface area (Å²) < 4.78 is 0. The number of allylic oxidation sites excluding steroid dienone is 2. The summed E-state index contributed by atoms with van der Waals surface area (Å²) in [6, 6.07) is 7.58. The zero-order valence-corrected chi connectivity index (χ0v) is 26.9. The molecular formula is C37H54N2O3. The van der Waals surface area contributed by atoms with Crippen LogP contribution in [0.4, 0.5) is 0 Å². The molecule has 3 N–H and O–H groups in total. The third-order valence-corrected chi connectivity index (χ3v) is 14.5. The lowest BCUT2D eigenvalue weighted by Gasteiger charge is -2.72. The zero-order chi connectivity index (χ0) is 30.1. The third kappa shape index (κ3) is 4.19. The smallest absolute Gasteiger partial charge is 0.335 e. The number of rotatable bonds is 6. The second-order valence-corrected chi connectivity index (χ2v) is 16.3. The summed E-state index contributed by atoms with van der Waals surface area (Å²) in [4.78, 5) is 23.9. The molecule has 0 bridgehead atoms. The van der Waals surface area contributed by atoms with Gasteiger partial charge in [0.05, 0.1) is 12.1 Å². The van der Waals surface area contributed by atoms with Gasteiger partial charge in [0.15, 0.2) is 0 Å². The van der Waals surface area contributed by atoms with Crippen LogP contribution in [0.5, 0.6) is 0 Å². The van der Waals surface area contributed by atoms with Gasteiger partial charge in [-0.3, -0.25) is 4.79 Å². The summed E-state index contributed by atoms with van der Waals surface area (Å²) in [5.41, 5.74) is 4.21. The van der Waals surface area contributed by atoms with Gasteiger partial charge < -0.3 is 15.7 Å². The van der Waals surface area contributed by atoms with E-state index in [0.29, 0.717) is 40.2 Å². The number of carboxylic acids is 1. The summed E-state index contributed by atoms with van der Waals surface area (Å²) in [7, 11) is 1.85. The zero-order valence-electron chi connectivity index (χ0n) is 26.9. The van der Waals surface area contributed by atoms with Gasteiger partial charge in [-0.05, 0) is 139 Å². The molecule has 0 radical (unpaired) electrons. The minimum absolute atomic E-state index is 0.0372. The first-order chi connectivity index (χ1) is 19.8. The summed E-state index contributed by atoms with van der Waals surface area (Å²) in [6.07, 6.45) is 15.4. The summed E-state index contributed by atoms with van der Waals surface area (Å²) >= 11 is 0. The lowest BCUT2D eigenvalue weighted by molar-refractivity contribution is -0.222. The molecule has 42 heavy (non-hydrogen) atoms. The number of carbonyl (C=O) groups excluding carboxylic acids is 1. The van der Waals surface area contributed by atoms with E-state index in [9.17, 15) is 14.7 Å². The van der Waals surface area contributed by atoms with Crippen LogP contribution >= 0.6 is 0 Å². The molecule has 230 valence electrons. The molecule has 0 saturated heterocycles. The van der Waals surface area contributed by atoms with Crippen molar-refractivity contribution >= 4 is 17.4 Å². The molecule has 0 aromatic heterocycles. The second-order valence-electron chi connectivity index (χ2n) is 16.3. The highest BCUT2D eigenvalue weighted by atomic mass is 16.4. The lowest BCUT2D eigenvalue weighted by atomic mass is 9.32. The van der Waals surface area contributed by atoms with Crippen molar-refractivity contribution in [1.29, 1.82) is 0 Å². The van der Waals surface area contributed by atoms with Gasteiger partial charge in [-0.15, -0.1) is 0 Å². The molecule has 0 heterocycles. The van der Waals surface area contributed by atoms with Crippen LogP contribution in [0.25, 0.3) is 5.57 Å². The number of fused-ring (bicyclic) bond motifs is 7. The van der Waals surface area contributed by atoms with E-state index >= 15 is 0 Å². The van der Waals surface area contributed by atoms with Gasteiger partial charge in [0.25, 0.3) is 0 Å². The van der Waals surface area contributed by atoms with Crippen molar-refractivity contribution < 1.29 is 14.7 Å². The van der Waals surface area contributed by atoms with Crippen LogP contribution in [0.2, 0.25) is 0 Å². The topological polar surface area (TPSA) is 78.4 Å². The Morgan fingerprint density at radius 3 is 2.29 bits per heavy atom. The Morgan fingerprint density at radius 2 is 1.60 bits per heavy atom. The number of amides is 1. The van der Waals surface area contributed by atoms with E-state index in [-0.39, 0.29) is 16.7 Å². The molecule has 4 fully saturated rings. The largest absolute Gasteiger partial charge is 0.478 e. The van der Waals surface area contributed by atoms with E-state index in [0.717, 1.165) is 24.8 Å². The molecule has 5 heteroatoms. The molecule has 5 nitrogen and oxygen atoms in total. The Morgan fingerprint density at radius 1 is 0.857 bits per heavy atom. The van der Waals surface area contributed by atoms with Crippen molar-refractivity contribution in [3.8, 4) is 0 Å². The van der Waals surface area contributed by atoms with Crippen molar-refractivity contribution in [3.05, 3.63) is 41.5 Å². The maximum absolute atomic E-state index is 12.4. The quantitative estimate of drug-likeness (QED) is 0.327. The van der Waals surface area contributed by atoms with Crippen LogP contribution in [-0.4, -0.2) is 37.1 Å². The van der Waals surface area contributed by atoms with Gasteiger partial charge in [0, 0.05) is 6.54 Å². The van der Waals surface area contributed by atoms with E-state index in [4.69, 9.17) is 0 Å². The Balaban J connectivity index is 1.28. The minimum Gasteiger partial charge on any atom is -0.478 e. The SMILES string of the molecule is CNCC(=O)NCC12CCCC1C1CCC3C4(C)CC=C(c5ccc(C(=O)O)cc5)C(C)(C)C4CCC3(C)[C@]1(C)CC2. The summed E-state index contributed by atoms with van der Waals surface area (Å²) in [6.45, 7) is 14.2. The van der Waals surface area contributed by atoms with Gasteiger partial charge >= 0.3 is 5.97 Å². The molecule has 1 aromatic carbocycles. The first kappa shape index (κ1) is 29.9. The molecule has 6 rings (SSSR count). The highest BCUT2D eigenvalue weighted by molar-refractivity contribution is 5.88. The average molecular weight is 575 g/mol. The highest BCUT2D eigenvalue weighted by Gasteiger charge is 2.69. The number of carboxylic acid groups (broad SMARTS) is 1. The van der Waals surface area contributed by atoms with Gasteiger partial charge in [0.1, 0.15) is 0 Å². The van der Waals surface area contributed by atoms with Crippen molar-refractivity contribution in [2.24, 2.45) is 50.7 Å². The highest BCUT2D eigenvalue weighted by Crippen LogP contribution is 2.77. The molecule has 4 saturated carbocycles. The molecule has 0 spiro atoms. The maximum Gasteiger partial charge on any atom is 0.335 e. The minimum atomic E-state index is -0.863. The fourth-order valence-corrected chi connectivity index (χ4v) is 12.4. The molecule has 0 aliphatic heterocycles. The fourth-order valence-electron chi connectivity index (χ4n) is 12.4. The van der Waals surface area contributed by atoms with Crippen molar-refractivity contribution in [1.82, 2.24) is 10.6 Å². The number of carbonyl (C=O) groups is 2. The summed E-state index contributed by atoms with van der Waals surface area (Å²) in [5.74, 6) is 2.08. The Hall–Kier alpha value is -2.14. The van der Waals surface area contributed by atoms with Crippen LogP contribution in [0, 0.1) is 50.7 Å². The van der Waals surface area contributed by atoms with Gasteiger partial charge in [0.2, 0.25) is 5.91 Å². The standard InChI is InChI=1S/C37H54N2O3/c1-33(2)26(24-9-11-25(12-10-24)32(41)42)15-18-34(3)29(33)16-19-36(5)30(34)14-13-27-28-8-7-17-37(28,21-20-35(27,36)4)23-39-31(40)22-38-6/h9-12,15,27-30,38H,7-8,13-14,16-23H2,1-6H3,(H,39,40)(H,41,42)/t27?,28?,29?,30?,34?,35-,36?,37?/m1/s1. The van der Waals surface area contributed by atoms with E-state index < -0.39 is 5.97 Å². The number of aromatic carboxylic acids is 1. The third-order valence-electron chi connectivity index (χ3n) is 14.5. The molecule has 5 aliphatic rings. The monoisotopic (exact) mass is 574 g/mol. The van der Waals surface area contributed by atoms with Gasteiger partial charge in [-0.1, -0.05) is 59.2 Å². The Kier molecular flexibility index (Phi) is 7.27. The average Bonchev–Trinajstić information content (AvgIpc) is 3.37. The fraction of sp³-hybridized carbons (Fsp3) is 0.730. The number of nitrogens with one attached hydrogen (secondary N) is 2. The van der Waals surface area contributed by atoms with E-state index in [1.54, 1.807) is 12.1 Å². The first-order valence-corrected chi connectivity index (χ1v) is 16.8. The van der Waals surface area contributed by atoms with Crippen LogP contribution in [0.1, 0.15) is 115 Å². The normalized spacial score (nSPS) is 41.9. The van der Waals surface area contributed by atoms with E-state index in [1.807, 2.05) is 19.2 Å². The maximum atomic E-state index is 12.4. The van der Waals surface area contributed by atoms with E-state index in [2.05, 4.69) is 51.3 Å². The van der Waals surface area contributed by atoms with Crippen LogP contribution < -0.4 is 10.6 Å². The molecule has 1 amide bonds. The number of likely N-dealkylation sites (N-methyl/N-ethyl adjacent to an activating group) is 1. The predicted molar refractivity (Wildman–Crippen MR) is 169 cm³/mol. The number of hydrogen-bond acceptors (Lipinski definition) is 3. The molecule has 5 aliphatic carbocycles. The molecular weight excluding hydrogens is 520 g/mol. The second kappa shape index (κ2) is 10.2. The predicted octanol–water partition coefficient (Wildman–Crippen LogP) is 7.57. The Bertz CT molecular complexity index is 1270. The van der Waals surface area contributed by atoms with Crippen molar-refractivity contribution in [3.63, 3.8) is 0 Å². The van der Waals surface area contributed by atoms with Gasteiger partial charge in [-0.2, -0.15) is 0 Å². The number of benzene rings is 1. The Labute approximate surface area is 253 Å². The van der Waals surface area contributed by atoms with Gasteiger partial charge in [-0.25, -0.2) is 4.79 Å². The van der Waals surface area contributed by atoms with Crippen LogP contribution in [0.15, 0.2) is 30.3 Å². The molecule has 1 aromatic rings. The lowest BCUT2D eigenvalue weighted by Crippen LogP contribution is -2.65. The summed E-state index contributed by atoms with van der Waals surface area (Å²) in [5, 5.41) is 15.8. The molecule has 8 atom stereocenters. The first-order valence-electron chi connectivity index (χ1n) is 16.8. The van der Waals surface area contributed by atoms with E-state index in [1.165, 1.54) is 68.9 Å². The molecule has 7 unspecified atom stereocenters. The number of hydrogen-bond donors (Lipinski definition) is 3. The van der Waals surface area contributed by atoms with Crippen LogP contribution in [-0.2, 0) is 4.79 Å². The van der Waals surface area contributed by atoms with Crippen molar-refractivity contribution in [2.75, 3.05) is 20.1 Å². The van der Waals surface area contributed by atoms with Crippen molar-refractivity contribution in [2.45, 2.75) is 98.8 Å².